The van der Waals surface area contributed by atoms with Crippen LogP contribution in [-0.2, 0) is 15.9 Å². The van der Waals surface area contributed by atoms with E-state index in [1.807, 2.05) is 0 Å². The van der Waals surface area contributed by atoms with E-state index in [-0.39, 0.29) is 30.5 Å². The van der Waals surface area contributed by atoms with Crippen molar-refractivity contribution < 1.29 is 59.4 Å². The van der Waals surface area contributed by atoms with Gasteiger partial charge in [0.05, 0.1) is 27.4 Å². The Balaban J connectivity index is 1.87. The summed E-state index contributed by atoms with van der Waals surface area (Å²) in [6.45, 7) is -0.955. The van der Waals surface area contributed by atoms with Crippen molar-refractivity contribution in [2.45, 2.75) is 55.8 Å². The lowest BCUT2D eigenvalue weighted by Crippen LogP contribution is -2.59. The molecule has 1 aliphatic rings. The highest BCUT2D eigenvalue weighted by atomic mass is 16.7. The second kappa shape index (κ2) is 13.9. The summed E-state index contributed by atoms with van der Waals surface area (Å²) < 4.78 is 27.7. The zero-order valence-corrected chi connectivity index (χ0v) is 21.2. The summed E-state index contributed by atoms with van der Waals surface area (Å²) in [5.74, 6) is 0.640. The van der Waals surface area contributed by atoms with Crippen LogP contribution in [0.5, 0.6) is 23.0 Å². The van der Waals surface area contributed by atoms with Crippen LogP contribution < -0.4 is 14.2 Å². The highest BCUT2D eigenvalue weighted by Gasteiger charge is 2.44. The summed E-state index contributed by atoms with van der Waals surface area (Å²) in [7, 11) is 2.82. The summed E-state index contributed by atoms with van der Waals surface area (Å²) in [5, 5.41) is 70.1. The molecule has 7 N–H and O–H groups in total. The number of hydrogen-bond donors (Lipinski definition) is 7. The molecule has 0 unspecified atom stereocenters. The van der Waals surface area contributed by atoms with Crippen LogP contribution in [0.1, 0.15) is 23.7 Å². The number of benzene rings is 2. The molecule has 2 aromatic rings. The molecule has 0 aromatic heterocycles. The van der Waals surface area contributed by atoms with Gasteiger partial charge in [-0.2, -0.15) is 0 Å². The van der Waals surface area contributed by atoms with Gasteiger partial charge in [-0.25, -0.2) is 0 Å². The lowest BCUT2D eigenvalue weighted by Gasteiger charge is -2.40. The third-order valence-corrected chi connectivity index (χ3v) is 6.30. The van der Waals surface area contributed by atoms with E-state index < -0.39 is 49.5 Å². The van der Waals surface area contributed by atoms with Crippen molar-refractivity contribution in [1.82, 2.24) is 0 Å². The van der Waals surface area contributed by atoms with Gasteiger partial charge in [-0.1, -0.05) is 12.1 Å². The molecule has 1 aliphatic heterocycles. The molecule has 0 spiro atoms. The first kappa shape index (κ1) is 29.9. The molecule has 1 saturated heterocycles. The molecule has 0 amide bonds. The monoisotopic (exact) mass is 540 g/mol. The Morgan fingerprint density at radius 3 is 2.29 bits per heavy atom. The molecule has 2 aromatic carbocycles. The van der Waals surface area contributed by atoms with Crippen LogP contribution in [0, 0.1) is 0 Å². The first-order valence-electron chi connectivity index (χ1n) is 12.2. The average Bonchev–Trinajstić information content (AvgIpc) is 2.93. The first-order valence-corrected chi connectivity index (χ1v) is 12.2. The molecule has 0 saturated carbocycles. The fourth-order valence-corrected chi connectivity index (χ4v) is 4.09. The number of phenolic OH excluding ortho intramolecular Hbond substituents is 1. The number of aliphatic hydroxyl groups excluding tert-OH is 6. The molecule has 212 valence electrons. The van der Waals surface area contributed by atoms with Crippen LogP contribution in [0.4, 0.5) is 0 Å². The highest BCUT2D eigenvalue weighted by Crippen LogP contribution is 2.35. The Morgan fingerprint density at radius 2 is 1.63 bits per heavy atom. The van der Waals surface area contributed by atoms with Gasteiger partial charge in [0, 0.05) is 6.61 Å². The topological polar surface area (TPSA) is 188 Å². The average molecular weight is 541 g/mol. The fraction of sp³-hybridized carbons (Fsp3) is 0.538. The Morgan fingerprint density at radius 1 is 0.895 bits per heavy atom. The minimum Gasteiger partial charge on any atom is -0.504 e. The Hall–Kier alpha value is -2.68. The minimum absolute atomic E-state index is 0.0419. The molecule has 0 radical (unpaired) electrons. The van der Waals surface area contributed by atoms with Crippen molar-refractivity contribution in [2.75, 3.05) is 34.0 Å². The summed E-state index contributed by atoms with van der Waals surface area (Å²) in [6.07, 6.45) is -8.72. The van der Waals surface area contributed by atoms with E-state index in [1.165, 1.54) is 32.4 Å². The number of ether oxygens (including phenoxy) is 5. The molecule has 38 heavy (non-hydrogen) atoms. The molecular formula is C26H36O12. The molecule has 1 heterocycles. The molecule has 1 fully saturated rings. The zero-order valence-electron chi connectivity index (χ0n) is 21.2. The van der Waals surface area contributed by atoms with Crippen molar-refractivity contribution in [3.8, 4) is 23.0 Å². The van der Waals surface area contributed by atoms with E-state index in [1.54, 1.807) is 18.2 Å². The second-order valence-electron chi connectivity index (χ2n) is 8.88. The number of phenols is 1. The van der Waals surface area contributed by atoms with Gasteiger partial charge in [-0.05, 0) is 48.2 Å². The Labute approximate surface area is 220 Å². The van der Waals surface area contributed by atoms with Crippen LogP contribution in [0.25, 0.3) is 0 Å². The van der Waals surface area contributed by atoms with Crippen molar-refractivity contribution in [3.63, 3.8) is 0 Å². The van der Waals surface area contributed by atoms with Gasteiger partial charge in [0.1, 0.15) is 30.5 Å². The number of rotatable bonds is 13. The number of aliphatic hydroxyl groups is 6. The SMILES string of the molecule is COc1cc([C@@H](O)[C@H](CO[C@@H]2O[C@H](CO)[C@@H](O)[C@H](O)[C@H]2O)Oc2ccc(CCCO)cc2OC)ccc1O. The third kappa shape index (κ3) is 7.04. The molecule has 3 rings (SSSR count). The number of methoxy groups -OCH3 is 2. The van der Waals surface area contributed by atoms with Crippen LogP contribution in [0.2, 0.25) is 0 Å². The van der Waals surface area contributed by atoms with Gasteiger partial charge in [0.25, 0.3) is 0 Å². The molecule has 12 nitrogen and oxygen atoms in total. The lowest BCUT2D eigenvalue weighted by molar-refractivity contribution is -0.305. The normalized spacial score (nSPS) is 25.0. The predicted molar refractivity (Wildman–Crippen MR) is 132 cm³/mol. The summed E-state index contributed by atoms with van der Waals surface area (Å²) in [4.78, 5) is 0. The molecule has 0 bridgehead atoms. The van der Waals surface area contributed by atoms with Crippen molar-refractivity contribution in [2.24, 2.45) is 0 Å². The summed E-state index contributed by atoms with van der Waals surface area (Å²) >= 11 is 0. The van der Waals surface area contributed by atoms with Gasteiger partial charge >= 0.3 is 0 Å². The smallest absolute Gasteiger partial charge is 0.186 e. The maximum absolute atomic E-state index is 11.2. The van der Waals surface area contributed by atoms with E-state index in [0.717, 1.165) is 5.56 Å². The van der Waals surface area contributed by atoms with Crippen LogP contribution >= 0.6 is 0 Å². The second-order valence-corrected chi connectivity index (χ2v) is 8.88. The van der Waals surface area contributed by atoms with Crippen molar-refractivity contribution >= 4 is 0 Å². The van der Waals surface area contributed by atoms with E-state index >= 15 is 0 Å². The summed E-state index contributed by atoms with van der Waals surface area (Å²) in [6, 6.07) is 9.44. The van der Waals surface area contributed by atoms with Gasteiger partial charge < -0.3 is 59.4 Å². The summed E-state index contributed by atoms with van der Waals surface area (Å²) in [5.41, 5.74) is 1.22. The molecule has 0 aliphatic carbocycles. The highest BCUT2D eigenvalue weighted by molar-refractivity contribution is 5.44. The van der Waals surface area contributed by atoms with Gasteiger partial charge in [-0.15, -0.1) is 0 Å². The van der Waals surface area contributed by atoms with E-state index in [2.05, 4.69) is 0 Å². The third-order valence-electron chi connectivity index (χ3n) is 6.30. The van der Waals surface area contributed by atoms with Crippen LogP contribution in [0.3, 0.4) is 0 Å². The van der Waals surface area contributed by atoms with E-state index in [0.29, 0.717) is 24.2 Å². The molecule has 7 atom stereocenters. The van der Waals surface area contributed by atoms with Crippen LogP contribution in [-0.4, -0.2) is 107 Å². The van der Waals surface area contributed by atoms with Crippen molar-refractivity contribution in [3.05, 3.63) is 47.5 Å². The quantitative estimate of drug-likeness (QED) is 0.175. The van der Waals surface area contributed by atoms with Crippen molar-refractivity contribution in [1.29, 1.82) is 0 Å². The largest absolute Gasteiger partial charge is 0.504 e. The van der Waals surface area contributed by atoms with E-state index in [4.69, 9.17) is 28.8 Å². The minimum atomic E-state index is -1.64. The van der Waals surface area contributed by atoms with Gasteiger partial charge in [0.2, 0.25) is 0 Å². The van der Waals surface area contributed by atoms with E-state index in [9.17, 15) is 30.6 Å². The van der Waals surface area contributed by atoms with Gasteiger partial charge in [-0.3, -0.25) is 0 Å². The molecular weight excluding hydrogens is 504 g/mol. The van der Waals surface area contributed by atoms with Gasteiger partial charge in [0.15, 0.2) is 35.4 Å². The number of aryl methyl sites for hydroxylation is 1. The Kier molecular flexibility index (Phi) is 10.9. The first-order chi connectivity index (χ1) is 18.2. The maximum atomic E-state index is 11.2. The lowest BCUT2D eigenvalue weighted by atomic mass is 9.99. The zero-order chi connectivity index (χ0) is 27.8. The number of hydrogen-bond acceptors (Lipinski definition) is 12. The maximum Gasteiger partial charge on any atom is 0.186 e. The number of aromatic hydroxyl groups is 1. The molecule has 12 heteroatoms. The predicted octanol–water partition coefficient (Wildman–Crippen LogP) is -0.368. The van der Waals surface area contributed by atoms with Crippen LogP contribution in [0.15, 0.2) is 36.4 Å². The Bertz CT molecular complexity index is 1020. The standard InChI is InChI=1S/C26H36O12/c1-34-18-11-15(6-7-16(18)29)22(30)21(13-36-26-25(33)24(32)23(31)20(12-28)38-26)37-17-8-5-14(4-3-9-27)10-19(17)35-2/h5-8,10-11,20-33H,3-4,9,12-13H2,1-2H3/t20-,21+,22-,23-,24+,25-,26-/m1/s1. The fourth-order valence-electron chi connectivity index (χ4n) is 4.09.